The maximum Gasteiger partial charge on any atom is 0.422 e. The van der Waals surface area contributed by atoms with Crippen LogP contribution in [0.25, 0.3) is 0 Å². The monoisotopic (exact) mass is 464 g/mol. The van der Waals surface area contributed by atoms with Crippen molar-refractivity contribution in [2.24, 2.45) is 0 Å². The first-order valence-electron chi connectivity index (χ1n) is 10.6. The molecule has 33 heavy (non-hydrogen) atoms. The maximum absolute atomic E-state index is 12.7. The Labute approximate surface area is 187 Å². The Morgan fingerprint density at radius 3 is 2.33 bits per heavy atom. The Morgan fingerprint density at radius 1 is 0.970 bits per heavy atom. The van der Waals surface area contributed by atoms with E-state index in [2.05, 4.69) is 30.9 Å². The molecule has 0 atom stereocenters. The van der Waals surface area contributed by atoms with Gasteiger partial charge in [-0.3, -0.25) is 9.59 Å². The first kappa shape index (κ1) is 22.7. The minimum Gasteiger partial charge on any atom is -0.454 e. The predicted molar refractivity (Wildman–Crippen MR) is 111 cm³/mol. The van der Waals surface area contributed by atoms with Crippen molar-refractivity contribution in [1.82, 2.24) is 25.6 Å². The van der Waals surface area contributed by atoms with E-state index >= 15 is 0 Å². The third-order valence-corrected chi connectivity index (χ3v) is 5.31. The fourth-order valence-corrected chi connectivity index (χ4v) is 3.37. The second-order valence-electron chi connectivity index (χ2n) is 8.06. The largest absolute Gasteiger partial charge is 0.454 e. The zero-order chi connectivity index (χ0) is 23.5. The Hall–Kier alpha value is -3.44. The number of fused-ring (bicyclic) bond motifs is 9. The Morgan fingerprint density at radius 2 is 1.67 bits per heavy atom. The highest BCUT2D eigenvalue weighted by Gasteiger charge is 2.50. The van der Waals surface area contributed by atoms with E-state index in [0.29, 0.717) is 44.3 Å². The summed E-state index contributed by atoms with van der Waals surface area (Å²) in [6, 6.07) is 6.28. The number of alkyl halides is 3. The van der Waals surface area contributed by atoms with Gasteiger partial charge in [0, 0.05) is 25.1 Å². The molecule has 1 aromatic carbocycles. The van der Waals surface area contributed by atoms with Gasteiger partial charge in [-0.05, 0) is 43.4 Å². The van der Waals surface area contributed by atoms with Crippen molar-refractivity contribution in [2.75, 3.05) is 25.0 Å². The molecule has 9 nitrogen and oxygen atoms in total. The van der Waals surface area contributed by atoms with E-state index in [-0.39, 0.29) is 30.0 Å². The van der Waals surface area contributed by atoms with Crippen LogP contribution in [0.1, 0.15) is 47.4 Å². The maximum atomic E-state index is 12.7. The number of nitrogens with zero attached hydrogens (tertiary/aromatic N) is 3. The quantitative estimate of drug-likeness (QED) is 0.622. The lowest BCUT2D eigenvalue weighted by molar-refractivity contribution is -0.154. The summed E-state index contributed by atoms with van der Waals surface area (Å²) in [7, 11) is 0. The number of aromatic nitrogens is 3. The summed E-state index contributed by atoms with van der Waals surface area (Å²) < 4.78 is 42.6. The number of anilines is 1. The average Bonchev–Trinajstić information content (AvgIpc) is 3.54. The van der Waals surface area contributed by atoms with Gasteiger partial charge < -0.3 is 20.7 Å². The summed E-state index contributed by atoms with van der Waals surface area (Å²) >= 11 is 0. The summed E-state index contributed by atoms with van der Waals surface area (Å²) in [5, 5.41) is 8.65. The predicted octanol–water partition coefficient (Wildman–Crippen LogP) is 1.99. The second kappa shape index (κ2) is 9.20. The number of hydrogen-bond acceptors (Lipinski definition) is 7. The summed E-state index contributed by atoms with van der Waals surface area (Å²) in [4.78, 5) is 37.2. The zero-order valence-electron chi connectivity index (χ0n) is 17.7. The molecule has 0 saturated heterocycles. The first-order valence-corrected chi connectivity index (χ1v) is 10.6. The van der Waals surface area contributed by atoms with Gasteiger partial charge in [-0.15, -0.1) is 0 Å². The second-order valence-corrected chi connectivity index (χ2v) is 8.06. The normalized spacial score (nSPS) is 18.5. The van der Waals surface area contributed by atoms with Crippen LogP contribution >= 0.6 is 0 Å². The van der Waals surface area contributed by atoms with Crippen molar-refractivity contribution < 1.29 is 27.5 Å². The molecular formula is C21H23F3N6O3. The number of halogens is 3. The molecule has 2 amide bonds. The Bertz CT molecular complexity index is 1020. The van der Waals surface area contributed by atoms with Crippen molar-refractivity contribution in [1.29, 1.82) is 0 Å². The van der Waals surface area contributed by atoms with Crippen LogP contribution in [0.15, 0.2) is 24.3 Å². The molecule has 1 fully saturated rings. The SMILES string of the molecule is O=C1NCCCCNC(=O)C2(CC2)Nc2nc(nc(OCC(F)(F)F)n2)Cc2ccc1cc2. The third-order valence-electron chi connectivity index (χ3n) is 5.31. The summed E-state index contributed by atoms with van der Waals surface area (Å²) in [5.41, 5.74) is 0.308. The average molecular weight is 464 g/mol. The van der Waals surface area contributed by atoms with Crippen LogP contribution in [0.4, 0.5) is 19.1 Å². The van der Waals surface area contributed by atoms with Gasteiger partial charge in [0.05, 0.1) is 0 Å². The lowest BCUT2D eigenvalue weighted by atomic mass is 10.1. The van der Waals surface area contributed by atoms with E-state index in [1.54, 1.807) is 24.3 Å². The van der Waals surface area contributed by atoms with Crippen LogP contribution < -0.4 is 20.7 Å². The number of carbonyl (C=O) groups is 2. The number of nitrogens with one attached hydrogen (secondary N) is 3. The van der Waals surface area contributed by atoms with E-state index in [9.17, 15) is 22.8 Å². The fraction of sp³-hybridized carbons (Fsp3) is 0.476. The summed E-state index contributed by atoms with van der Waals surface area (Å²) in [6.07, 6.45) is -1.94. The van der Waals surface area contributed by atoms with E-state index in [1.165, 1.54) is 0 Å². The number of benzene rings is 1. The lowest BCUT2D eigenvalue weighted by Gasteiger charge is -2.18. The molecule has 2 aromatic rings. The van der Waals surface area contributed by atoms with Crippen molar-refractivity contribution in [3.63, 3.8) is 0 Å². The Kier molecular flexibility index (Phi) is 6.34. The molecule has 5 rings (SSSR count). The van der Waals surface area contributed by atoms with Crippen LogP contribution in [0, 0.1) is 0 Å². The number of amides is 2. The third kappa shape index (κ3) is 6.08. The highest BCUT2D eigenvalue weighted by Crippen LogP contribution is 2.38. The van der Waals surface area contributed by atoms with Gasteiger partial charge in [-0.2, -0.15) is 28.1 Å². The number of ether oxygens (including phenoxy) is 1. The van der Waals surface area contributed by atoms with E-state index in [4.69, 9.17) is 4.74 Å². The van der Waals surface area contributed by atoms with E-state index in [1.807, 2.05) is 0 Å². The standard InChI is InChI=1S/C21H23F3N6O3/c22-21(23,24)12-33-19-28-15-11-13-3-5-14(6-4-13)16(31)25-9-1-2-10-26-17(32)20(7-8-20)30-18(27-15)29-19/h3-6H,1-2,7-12H2,(H,25,31)(H,26,32)(H,27,28,29,30). The van der Waals surface area contributed by atoms with Crippen molar-refractivity contribution in [3.05, 3.63) is 41.2 Å². The first-order chi connectivity index (χ1) is 15.7. The van der Waals surface area contributed by atoms with Crippen molar-refractivity contribution in [2.45, 2.75) is 43.8 Å². The Balaban J connectivity index is 1.63. The topological polar surface area (TPSA) is 118 Å². The van der Waals surface area contributed by atoms with Gasteiger partial charge in [0.2, 0.25) is 11.9 Å². The van der Waals surface area contributed by atoms with E-state index in [0.717, 1.165) is 5.56 Å². The van der Waals surface area contributed by atoms with Crippen LogP contribution in [0.2, 0.25) is 0 Å². The lowest BCUT2D eigenvalue weighted by Crippen LogP contribution is -2.42. The van der Waals surface area contributed by atoms with Gasteiger partial charge in [0.1, 0.15) is 11.4 Å². The van der Waals surface area contributed by atoms with Gasteiger partial charge in [0.25, 0.3) is 5.91 Å². The van der Waals surface area contributed by atoms with Gasteiger partial charge in [0.15, 0.2) is 6.61 Å². The molecule has 3 aliphatic rings. The summed E-state index contributed by atoms with van der Waals surface area (Å²) in [6.45, 7) is -0.635. The van der Waals surface area contributed by atoms with Crippen LogP contribution in [-0.2, 0) is 11.2 Å². The number of hydrogen-bond donors (Lipinski definition) is 3. The molecule has 0 radical (unpaired) electrons. The minimum atomic E-state index is -4.56. The molecule has 1 saturated carbocycles. The highest BCUT2D eigenvalue weighted by atomic mass is 19.4. The molecule has 1 spiro atoms. The zero-order valence-corrected chi connectivity index (χ0v) is 17.7. The molecule has 3 heterocycles. The summed E-state index contributed by atoms with van der Waals surface area (Å²) in [5.74, 6) is -0.304. The van der Waals surface area contributed by atoms with Crippen LogP contribution in [-0.4, -0.2) is 58.2 Å². The smallest absolute Gasteiger partial charge is 0.422 e. The molecule has 3 N–H and O–H groups in total. The molecule has 4 bridgehead atoms. The van der Waals surface area contributed by atoms with E-state index < -0.39 is 24.3 Å². The molecule has 0 unspecified atom stereocenters. The van der Waals surface area contributed by atoms with Crippen LogP contribution in [0.3, 0.4) is 0 Å². The van der Waals surface area contributed by atoms with Crippen LogP contribution in [0.5, 0.6) is 6.01 Å². The molecule has 1 aliphatic carbocycles. The molecular weight excluding hydrogens is 441 g/mol. The van der Waals surface area contributed by atoms with Gasteiger partial charge in [-0.25, -0.2) is 0 Å². The van der Waals surface area contributed by atoms with Gasteiger partial charge in [-0.1, -0.05) is 12.1 Å². The fourth-order valence-electron chi connectivity index (χ4n) is 3.37. The van der Waals surface area contributed by atoms with Crippen molar-refractivity contribution in [3.8, 4) is 6.01 Å². The molecule has 176 valence electrons. The molecule has 2 aliphatic heterocycles. The minimum absolute atomic E-state index is 0.0260. The number of carbonyl (C=O) groups excluding carboxylic acids is 2. The van der Waals surface area contributed by atoms with Crippen molar-refractivity contribution >= 4 is 17.8 Å². The highest BCUT2D eigenvalue weighted by molar-refractivity contribution is 5.94. The number of rotatable bonds is 2. The molecule has 12 heteroatoms. The molecule has 1 aromatic heterocycles. The van der Waals surface area contributed by atoms with Gasteiger partial charge >= 0.3 is 12.2 Å².